The molecule has 4 N–H and O–H groups in total. The molecule has 24 heavy (non-hydrogen) atoms. The maximum Gasteiger partial charge on any atom is 0.326 e. The van der Waals surface area contributed by atoms with E-state index in [4.69, 9.17) is 31.9 Å². The molecule has 1 unspecified atom stereocenters. The Kier molecular flexibility index (Phi) is 6.84. The van der Waals surface area contributed by atoms with Gasteiger partial charge in [0, 0.05) is 5.56 Å². The van der Waals surface area contributed by atoms with E-state index in [2.05, 4.69) is 5.32 Å². The second-order valence-corrected chi connectivity index (χ2v) is 5.69. The summed E-state index contributed by atoms with van der Waals surface area (Å²) in [5, 5.41) is 11.6. The van der Waals surface area contributed by atoms with Crippen LogP contribution < -0.4 is 20.5 Å². The van der Waals surface area contributed by atoms with Gasteiger partial charge in [0.1, 0.15) is 6.04 Å². The Balaban J connectivity index is 3.08. The maximum absolute atomic E-state index is 12.3. The number of halogens is 1. The molecule has 0 aliphatic rings. The molecular formula is C15H19ClN2O6. The number of nitrogens with two attached hydrogens (primary N) is 1. The fourth-order valence-electron chi connectivity index (χ4n) is 1.87. The summed E-state index contributed by atoms with van der Waals surface area (Å²) in [4.78, 5) is 34.2. The smallest absolute Gasteiger partial charge is 0.326 e. The first-order valence-electron chi connectivity index (χ1n) is 6.99. The molecule has 8 nitrogen and oxygen atoms in total. The molecule has 0 bridgehead atoms. The van der Waals surface area contributed by atoms with E-state index in [-0.39, 0.29) is 28.0 Å². The molecule has 0 spiro atoms. The minimum Gasteiger partial charge on any atom is -0.493 e. The SMILES string of the molecule is COc1cc(C(=O)NC(C(=O)O)C(C)C)cc(Cl)c1OCC(N)=O. The van der Waals surface area contributed by atoms with Gasteiger partial charge in [0.15, 0.2) is 18.1 Å². The minimum atomic E-state index is -1.14. The number of carbonyl (C=O) groups excluding carboxylic acids is 2. The first-order valence-corrected chi connectivity index (χ1v) is 7.37. The van der Waals surface area contributed by atoms with Gasteiger partial charge in [-0.15, -0.1) is 0 Å². The largest absolute Gasteiger partial charge is 0.493 e. The summed E-state index contributed by atoms with van der Waals surface area (Å²) in [5.41, 5.74) is 5.10. The van der Waals surface area contributed by atoms with E-state index in [0.29, 0.717) is 0 Å². The highest BCUT2D eigenvalue weighted by Crippen LogP contribution is 2.36. The number of carboxylic acids is 1. The third-order valence-electron chi connectivity index (χ3n) is 3.07. The van der Waals surface area contributed by atoms with E-state index < -0.39 is 30.4 Å². The van der Waals surface area contributed by atoms with Crippen molar-refractivity contribution in [3.05, 3.63) is 22.7 Å². The third kappa shape index (κ3) is 5.02. The van der Waals surface area contributed by atoms with Crippen LogP contribution >= 0.6 is 11.6 Å². The van der Waals surface area contributed by atoms with Gasteiger partial charge < -0.3 is 25.6 Å². The van der Waals surface area contributed by atoms with E-state index in [1.54, 1.807) is 13.8 Å². The van der Waals surface area contributed by atoms with Crippen molar-refractivity contribution in [3.8, 4) is 11.5 Å². The Labute approximate surface area is 143 Å². The third-order valence-corrected chi connectivity index (χ3v) is 3.35. The second-order valence-electron chi connectivity index (χ2n) is 5.28. The molecule has 1 aromatic rings. The number of carbonyl (C=O) groups is 3. The first-order chi connectivity index (χ1) is 11.2. The van der Waals surface area contributed by atoms with Crippen LogP contribution in [0, 0.1) is 5.92 Å². The maximum atomic E-state index is 12.3. The quantitative estimate of drug-likeness (QED) is 0.637. The molecule has 0 radical (unpaired) electrons. The van der Waals surface area contributed by atoms with Crippen molar-refractivity contribution in [3.63, 3.8) is 0 Å². The predicted octanol–water partition coefficient (Wildman–Crippen LogP) is 1.05. The summed E-state index contributed by atoms with van der Waals surface area (Å²) in [5.74, 6) is -2.59. The Morgan fingerprint density at radius 1 is 1.33 bits per heavy atom. The number of rotatable bonds is 8. The minimum absolute atomic E-state index is 0.0252. The monoisotopic (exact) mass is 358 g/mol. The average Bonchev–Trinajstić information content (AvgIpc) is 2.49. The molecule has 1 rings (SSSR count). The first kappa shape index (κ1) is 19.6. The Hall–Kier alpha value is -2.48. The van der Waals surface area contributed by atoms with E-state index in [0.717, 1.165) is 0 Å². The number of aliphatic carboxylic acids is 1. The number of benzene rings is 1. The molecule has 1 aromatic carbocycles. The summed E-state index contributed by atoms with van der Waals surface area (Å²) >= 11 is 6.05. The van der Waals surface area contributed by atoms with Crippen LogP contribution in [-0.4, -0.2) is 42.6 Å². The number of nitrogens with one attached hydrogen (secondary N) is 1. The Bertz CT molecular complexity index is 647. The highest BCUT2D eigenvalue weighted by molar-refractivity contribution is 6.32. The zero-order valence-corrected chi connectivity index (χ0v) is 14.2. The Morgan fingerprint density at radius 2 is 1.96 bits per heavy atom. The number of hydrogen-bond donors (Lipinski definition) is 3. The molecule has 0 saturated heterocycles. The number of primary amides is 1. The zero-order chi connectivity index (χ0) is 18.4. The summed E-state index contributed by atoms with van der Waals surface area (Å²) < 4.78 is 10.2. The molecule has 2 amide bonds. The fraction of sp³-hybridized carbons (Fsp3) is 0.400. The molecule has 0 aliphatic carbocycles. The van der Waals surface area contributed by atoms with Gasteiger partial charge >= 0.3 is 5.97 Å². The molecule has 0 aliphatic heterocycles. The summed E-state index contributed by atoms with van der Waals surface area (Å²) in [7, 11) is 1.33. The van der Waals surface area contributed by atoms with Crippen molar-refractivity contribution < 1.29 is 29.0 Å². The van der Waals surface area contributed by atoms with Crippen molar-refractivity contribution in [2.45, 2.75) is 19.9 Å². The number of carboxylic acid groups (broad SMARTS) is 1. The Morgan fingerprint density at radius 3 is 2.42 bits per heavy atom. The summed E-state index contributed by atoms with van der Waals surface area (Å²) in [6.45, 7) is 2.94. The van der Waals surface area contributed by atoms with Crippen LogP contribution in [0.25, 0.3) is 0 Å². The molecule has 9 heteroatoms. The van der Waals surface area contributed by atoms with Crippen molar-refractivity contribution in [2.24, 2.45) is 11.7 Å². The summed E-state index contributed by atoms with van der Waals surface area (Å²) in [6.07, 6.45) is 0. The van der Waals surface area contributed by atoms with Crippen LogP contribution in [-0.2, 0) is 9.59 Å². The van der Waals surface area contributed by atoms with E-state index in [1.165, 1.54) is 19.2 Å². The lowest BCUT2D eigenvalue weighted by Crippen LogP contribution is -2.44. The summed E-state index contributed by atoms with van der Waals surface area (Å²) in [6, 6.07) is 1.57. The highest BCUT2D eigenvalue weighted by atomic mass is 35.5. The lowest BCUT2D eigenvalue weighted by atomic mass is 10.0. The van der Waals surface area contributed by atoms with Gasteiger partial charge in [0.05, 0.1) is 12.1 Å². The van der Waals surface area contributed by atoms with Gasteiger partial charge in [0.2, 0.25) is 0 Å². The van der Waals surface area contributed by atoms with E-state index in [9.17, 15) is 14.4 Å². The normalized spacial score (nSPS) is 11.7. The molecule has 0 saturated carbocycles. The lowest BCUT2D eigenvalue weighted by molar-refractivity contribution is -0.140. The lowest BCUT2D eigenvalue weighted by Gasteiger charge is -2.19. The molecule has 132 valence electrons. The molecule has 0 fully saturated rings. The topological polar surface area (TPSA) is 128 Å². The molecular weight excluding hydrogens is 340 g/mol. The van der Waals surface area contributed by atoms with Gasteiger partial charge in [-0.1, -0.05) is 25.4 Å². The van der Waals surface area contributed by atoms with Gasteiger partial charge in [-0.25, -0.2) is 4.79 Å². The number of ether oxygens (including phenoxy) is 2. The van der Waals surface area contributed by atoms with Crippen LogP contribution in [0.5, 0.6) is 11.5 Å². The van der Waals surface area contributed by atoms with Crippen molar-refractivity contribution in [1.82, 2.24) is 5.32 Å². The van der Waals surface area contributed by atoms with Crippen LogP contribution in [0.1, 0.15) is 24.2 Å². The highest BCUT2D eigenvalue weighted by Gasteiger charge is 2.25. The van der Waals surface area contributed by atoms with Gasteiger partial charge in [-0.3, -0.25) is 9.59 Å². The predicted molar refractivity (Wildman–Crippen MR) is 86.4 cm³/mol. The van der Waals surface area contributed by atoms with Gasteiger partial charge in [-0.2, -0.15) is 0 Å². The molecule has 0 aromatic heterocycles. The number of hydrogen-bond acceptors (Lipinski definition) is 5. The molecule has 0 heterocycles. The van der Waals surface area contributed by atoms with E-state index >= 15 is 0 Å². The average molecular weight is 359 g/mol. The van der Waals surface area contributed by atoms with Crippen molar-refractivity contribution in [1.29, 1.82) is 0 Å². The van der Waals surface area contributed by atoms with Crippen molar-refractivity contribution in [2.75, 3.05) is 13.7 Å². The molecule has 1 atom stereocenters. The number of methoxy groups -OCH3 is 1. The zero-order valence-electron chi connectivity index (χ0n) is 13.5. The van der Waals surface area contributed by atoms with Crippen LogP contribution in [0.15, 0.2) is 12.1 Å². The van der Waals surface area contributed by atoms with Gasteiger partial charge in [0.25, 0.3) is 11.8 Å². The second kappa shape index (κ2) is 8.39. The van der Waals surface area contributed by atoms with E-state index in [1.807, 2.05) is 0 Å². The van der Waals surface area contributed by atoms with Gasteiger partial charge in [-0.05, 0) is 18.1 Å². The number of amides is 2. The standard InChI is InChI=1S/C15H19ClN2O6/c1-7(2)12(15(21)22)18-14(20)8-4-9(16)13(10(5-8)23-3)24-6-11(17)19/h4-5,7,12H,6H2,1-3H3,(H2,17,19)(H,18,20)(H,21,22). The van der Waals surface area contributed by atoms with Crippen LogP contribution in [0.3, 0.4) is 0 Å². The fourth-order valence-corrected chi connectivity index (χ4v) is 2.14. The van der Waals surface area contributed by atoms with Crippen LogP contribution in [0.4, 0.5) is 0 Å². The van der Waals surface area contributed by atoms with Crippen molar-refractivity contribution >= 4 is 29.4 Å². The van der Waals surface area contributed by atoms with Crippen LogP contribution in [0.2, 0.25) is 5.02 Å².